The lowest BCUT2D eigenvalue weighted by Gasteiger charge is -2.16. The molecule has 0 N–H and O–H groups in total. The van der Waals surface area contributed by atoms with Gasteiger partial charge < -0.3 is 4.74 Å². The van der Waals surface area contributed by atoms with Crippen LogP contribution < -0.4 is 0 Å². The highest BCUT2D eigenvalue weighted by Gasteiger charge is 2.32. The van der Waals surface area contributed by atoms with Crippen molar-refractivity contribution in [1.29, 1.82) is 0 Å². The zero-order chi connectivity index (χ0) is 14.8. The summed E-state index contributed by atoms with van der Waals surface area (Å²) in [6.45, 7) is 2.17. The minimum atomic E-state index is -0.279. The van der Waals surface area contributed by atoms with Crippen molar-refractivity contribution >= 4 is 23.6 Å². The third kappa shape index (κ3) is 2.47. The maximum absolute atomic E-state index is 12.3. The van der Waals surface area contributed by atoms with Gasteiger partial charge in [0.15, 0.2) is 0 Å². The molecule has 0 saturated heterocycles. The highest BCUT2D eigenvalue weighted by Crippen LogP contribution is 2.43. The molecule has 1 atom stereocenters. The van der Waals surface area contributed by atoms with Gasteiger partial charge in [-0.15, -0.1) is 0 Å². The fraction of sp³-hybridized carbons (Fsp3) is 0.167. The van der Waals surface area contributed by atoms with Crippen LogP contribution in [0.2, 0.25) is 5.02 Å². The van der Waals surface area contributed by atoms with Crippen LogP contribution in [0.3, 0.4) is 0 Å². The van der Waals surface area contributed by atoms with Crippen molar-refractivity contribution in [1.82, 2.24) is 0 Å². The van der Waals surface area contributed by atoms with Crippen LogP contribution in [0.25, 0.3) is 6.08 Å². The van der Waals surface area contributed by atoms with E-state index in [2.05, 4.69) is 0 Å². The van der Waals surface area contributed by atoms with E-state index in [9.17, 15) is 4.79 Å². The van der Waals surface area contributed by atoms with Gasteiger partial charge in [0, 0.05) is 16.5 Å². The highest BCUT2D eigenvalue weighted by molar-refractivity contribution is 6.32. The summed E-state index contributed by atoms with van der Waals surface area (Å²) in [4.78, 5) is 12.3. The Balaban J connectivity index is 2.13. The van der Waals surface area contributed by atoms with Crippen molar-refractivity contribution in [3.63, 3.8) is 0 Å². The van der Waals surface area contributed by atoms with Crippen molar-refractivity contribution in [2.24, 2.45) is 0 Å². The van der Waals surface area contributed by atoms with E-state index < -0.39 is 0 Å². The quantitative estimate of drug-likeness (QED) is 0.784. The zero-order valence-corrected chi connectivity index (χ0v) is 12.4. The molecule has 2 aromatic rings. The SMILES string of the molecule is CCOC(=O)C1=Cc2c(Cl)cccc2C1c1ccccc1. The van der Waals surface area contributed by atoms with Gasteiger partial charge in [0.2, 0.25) is 0 Å². The van der Waals surface area contributed by atoms with Gasteiger partial charge in [-0.3, -0.25) is 0 Å². The Labute approximate surface area is 129 Å². The molecule has 1 unspecified atom stereocenters. The number of carbonyl (C=O) groups is 1. The van der Waals surface area contributed by atoms with Crippen LogP contribution in [0.5, 0.6) is 0 Å². The van der Waals surface area contributed by atoms with Gasteiger partial charge in [-0.2, -0.15) is 0 Å². The molecule has 3 heteroatoms. The summed E-state index contributed by atoms with van der Waals surface area (Å²) in [5.74, 6) is -0.391. The standard InChI is InChI=1S/C18H15ClO2/c1-2-21-18(20)15-11-14-13(9-6-10-16(14)19)17(15)12-7-4-3-5-8-12/h3-11,17H,2H2,1H3. The fourth-order valence-corrected chi connectivity index (χ4v) is 3.00. The Morgan fingerprint density at radius 1 is 1.14 bits per heavy atom. The lowest BCUT2D eigenvalue weighted by atomic mass is 9.88. The molecule has 0 bridgehead atoms. The molecule has 0 fully saturated rings. The van der Waals surface area contributed by atoms with Crippen LogP contribution in [0.4, 0.5) is 0 Å². The molecular weight excluding hydrogens is 284 g/mol. The van der Waals surface area contributed by atoms with E-state index in [4.69, 9.17) is 16.3 Å². The summed E-state index contributed by atoms with van der Waals surface area (Å²) in [6.07, 6.45) is 1.85. The van der Waals surface area contributed by atoms with Crippen LogP contribution >= 0.6 is 11.6 Å². The second kappa shape index (κ2) is 5.74. The number of ether oxygens (including phenoxy) is 1. The molecule has 106 valence electrons. The first-order chi connectivity index (χ1) is 10.2. The average molecular weight is 299 g/mol. The maximum atomic E-state index is 12.3. The smallest absolute Gasteiger partial charge is 0.334 e. The second-order valence-electron chi connectivity index (χ2n) is 4.91. The summed E-state index contributed by atoms with van der Waals surface area (Å²) in [5, 5.41) is 0.660. The zero-order valence-electron chi connectivity index (χ0n) is 11.7. The normalized spacial score (nSPS) is 16.3. The Kier molecular flexibility index (Phi) is 3.80. The minimum Gasteiger partial charge on any atom is -0.463 e. The molecule has 1 aliphatic carbocycles. The molecule has 0 heterocycles. The summed E-state index contributed by atoms with van der Waals surface area (Å²) >= 11 is 6.27. The fourth-order valence-electron chi connectivity index (χ4n) is 2.76. The van der Waals surface area contributed by atoms with Gasteiger partial charge in [0.05, 0.1) is 6.61 Å². The summed E-state index contributed by atoms with van der Waals surface area (Å²) in [6, 6.07) is 15.7. The van der Waals surface area contributed by atoms with Crippen molar-refractivity contribution in [2.45, 2.75) is 12.8 Å². The van der Waals surface area contributed by atoms with Crippen molar-refractivity contribution < 1.29 is 9.53 Å². The van der Waals surface area contributed by atoms with E-state index in [1.165, 1.54) is 0 Å². The van der Waals surface area contributed by atoms with Gasteiger partial charge in [0.25, 0.3) is 0 Å². The third-order valence-electron chi connectivity index (χ3n) is 3.65. The van der Waals surface area contributed by atoms with Gasteiger partial charge in [-0.1, -0.05) is 54.1 Å². The van der Waals surface area contributed by atoms with Crippen LogP contribution in [0.15, 0.2) is 54.1 Å². The Hall–Kier alpha value is -2.06. The van der Waals surface area contributed by atoms with Crippen molar-refractivity contribution in [2.75, 3.05) is 6.61 Å². The molecule has 2 aromatic carbocycles. The Bertz CT molecular complexity index is 704. The predicted molar refractivity (Wildman–Crippen MR) is 84.3 cm³/mol. The molecule has 1 aliphatic rings. The van der Waals surface area contributed by atoms with E-state index in [1.54, 1.807) is 0 Å². The maximum Gasteiger partial charge on any atom is 0.334 e. The molecular formula is C18H15ClO2. The van der Waals surface area contributed by atoms with Crippen LogP contribution in [-0.4, -0.2) is 12.6 Å². The van der Waals surface area contributed by atoms with Gasteiger partial charge >= 0.3 is 5.97 Å². The van der Waals surface area contributed by atoms with Gasteiger partial charge in [0.1, 0.15) is 0 Å². The number of rotatable bonds is 3. The number of fused-ring (bicyclic) bond motifs is 1. The van der Waals surface area contributed by atoms with E-state index in [-0.39, 0.29) is 11.9 Å². The molecule has 21 heavy (non-hydrogen) atoms. The molecule has 3 rings (SSSR count). The number of halogens is 1. The van der Waals surface area contributed by atoms with Crippen LogP contribution in [0.1, 0.15) is 29.5 Å². The van der Waals surface area contributed by atoms with E-state index in [0.29, 0.717) is 17.2 Å². The summed E-state index contributed by atoms with van der Waals surface area (Å²) in [7, 11) is 0. The molecule has 0 aromatic heterocycles. The van der Waals surface area contributed by atoms with Crippen molar-refractivity contribution in [3.05, 3.63) is 75.8 Å². The van der Waals surface area contributed by atoms with Crippen LogP contribution in [0, 0.1) is 0 Å². The number of carbonyl (C=O) groups excluding carboxylic acids is 1. The number of hydrogen-bond acceptors (Lipinski definition) is 2. The molecule has 0 amide bonds. The number of esters is 1. The van der Waals surface area contributed by atoms with Crippen LogP contribution in [-0.2, 0) is 9.53 Å². The molecule has 0 aliphatic heterocycles. The average Bonchev–Trinajstić information content (AvgIpc) is 2.89. The third-order valence-corrected chi connectivity index (χ3v) is 3.98. The number of benzene rings is 2. The molecule has 0 spiro atoms. The van der Waals surface area contributed by atoms with Gasteiger partial charge in [-0.25, -0.2) is 4.79 Å². The Morgan fingerprint density at radius 3 is 2.62 bits per heavy atom. The van der Waals surface area contributed by atoms with E-state index in [1.807, 2.05) is 61.5 Å². The topological polar surface area (TPSA) is 26.3 Å². The molecule has 2 nitrogen and oxygen atoms in total. The summed E-state index contributed by atoms with van der Waals surface area (Å²) < 4.78 is 5.20. The second-order valence-corrected chi connectivity index (χ2v) is 5.31. The molecule has 0 saturated carbocycles. The highest BCUT2D eigenvalue weighted by atomic mass is 35.5. The van der Waals surface area contributed by atoms with Gasteiger partial charge in [-0.05, 0) is 35.8 Å². The lowest BCUT2D eigenvalue weighted by molar-refractivity contribution is -0.138. The van der Waals surface area contributed by atoms with E-state index >= 15 is 0 Å². The Morgan fingerprint density at radius 2 is 1.90 bits per heavy atom. The first-order valence-electron chi connectivity index (χ1n) is 6.94. The minimum absolute atomic E-state index is 0.112. The monoisotopic (exact) mass is 298 g/mol. The predicted octanol–water partition coefficient (Wildman–Crippen LogP) is 4.43. The molecule has 0 radical (unpaired) electrons. The first kappa shape index (κ1) is 13.9. The summed E-state index contributed by atoms with van der Waals surface area (Å²) in [5.41, 5.74) is 3.68. The van der Waals surface area contributed by atoms with Crippen molar-refractivity contribution in [3.8, 4) is 0 Å². The lowest BCUT2D eigenvalue weighted by Crippen LogP contribution is -2.13. The first-order valence-corrected chi connectivity index (χ1v) is 7.32. The largest absolute Gasteiger partial charge is 0.463 e. The number of hydrogen-bond donors (Lipinski definition) is 0. The van der Waals surface area contributed by atoms with E-state index in [0.717, 1.165) is 16.7 Å².